The van der Waals surface area contributed by atoms with Gasteiger partial charge in [0.1, 0.15) is 6.10 Å². The van der Waals surface area contributed by atoms with Crippen molar-refractivity contribution in [2.45, 2.75) is 36.3 Å². The lowest BCUT2D eigenvalue weighted by molar-refractivity contribution is -0.0741. The summed E-state index contributed by atoms with van der Waals surface area (Å²) in [5.41, 5.74) is 1.96. The number of carbonyl (C=O) groups excluding carboxylic acids is 1. The number of thioether (sulfide) groups is 1. The molecule has 0 radical (unpaired) electrons. The summed E-state index contributed by atoms with van der Waals surface area (Å²) in [5.74, 6) is 0.446. The molecule has 4 heterocycles. The van der Waals surface area contributed by atoms with Crippen LogP contribution in [0.4, 0.5) is 10.5 Å². The van der Waals surface area contributed by atoms with Crippen LogP contribution in [0.2, 0.25) is 0 Å². The van der Waals surface area contributed by atoms with E-state index in [1.807, 2.05) is 42.8 Å². The van der Waals surface area contributed by atoms with Crippen LogP contribution in [0.15, 0.2) is 53.7 Å². The molecule has 3 saturated heterocycles. The maximum absolute atomic E-state index is 12.5. The first-order valence-corrected chi connectivity index (χ1v) is 10.7. The van der Waals surface area contributed by atoms with E-state index in [-0.39, 0.29) is 18.2 Å². The minimum Gasteiger partial charge on any atom is -0.444 e. The van der Waals surface area contributed by atoms with Gasteiger partial charge in [0, 0.05) is 28.9 Å². The molecule has 3 aliphatic rings. The lowest BCUT2D eigenvalue weighted by atomic mass is 9.78. The Hall–Kier alpha value is -2.05. The number of aromatic nitrogens is 1. The number of pyridine rings is 1. The standard InChI is InChI=1S/C21H25N3O2S/c1-27-18-6-4-17(5-7-18)23-21(25)26-20-16-8-11-24(12-9-16)19(20)13-15-3-2-10-22-14-15/h2-7,10,14,16,19-20H,8-9,11-13H2,1H3,(H,23,25). The van der Waals surface area contributed by atoms with Gasteiger partial charge in [0.2, 0.25) is 0 Å². The lowest BCUT2D eigenvalue weighted by Crippen LogP contribution is -2.60. The molecule has 142 valence electrons. The van der Waals surface area contributed by atoms with Crippen LogP contribution in [-0.2, 0) is 11.2 Å². The SMILES string of the molecule is CSc1ccc(NC(=O)OC2C3CCN(CC3)C2Cc2cccnc2)cc1. The normalized spacial score (nSPS) is 26.6. The molecule has 1 N–H and O–H groups in total. The molecule has 1 aromatic heterocycles. The third kappa shape index (κ3) is 4.28. The van der Waals surface area contributed by atoms with E-state index < -0.39 is 0 Å². The summed E-state index contributed by atoms with van der Waals surface area (Å²) in [4.78, 5) is 20.4. The van der Waals surface area contributed by atoms with Crippen molar-refractivity contribution >= 4 is 23.5 Å². The number of rotatable bonds is 5. The van der Waals surface area contributed by atoms with Crippen LogP contribution in [0.3, 0.4) is 0 Å². The Labute approximate surface area is 164 Å². The predicted molar refractivity (Wildman–Crippen MR) is 108 cm³/mol. The van der Waals surface area contributed by atoms with Crippen LogP contribution in [0.25, 0.3) is 0 Å². The molecule has 2 atom stereocenters. The van der Waals surface area contributed by atoms with E-state index >= 15 is 0 Å². The molecule has 0 spiro atoms. The first kappa shape index (κ1) is 18.3. The van der Waals surface area contributed by atoms with Gasteiger partial charge in [-0.3, -0.25) is 15.2 Å². The van der Waals surface area contributed by atoms with Crippen molar-refractivity contribution in [1.29, 1.82) is 0 Å². The van der Waals surface area contributed by atoms with Gasteiger partial charge in [-0.25, -0.2) is 4.79 Å². The summed E-state index contributed by atoms with van der Waals surface area (Å²) in [7, 11) is 0. The first-order valence-electron chi connectivity index (χ1n) is 9.47. The van der Waals surface area contributed by atoms with Crippen LogP contribution >= 0.6 is 11.8 Å². The molecule has 3 fully saturated rings. The highest BCUT2D eigenvalue weighted by Crippen LogP contribution is 2.36. The second-order valence-corrected chi connectivity index (χ2v) is 8.11. The molecule has 1 aromatic carbocycles. The van der Waals surface area contributed by atoms with Crippen molar-refractivity contribution in [3.8, 4) is 0 Å². The van der Waals surface area contributed by atoms with E-state index in [0.717, 1.165) is 38.0 Å². The average molecular weight is 384 g/mol. The second-order valence-electron chi connectivity index (χ2n) is 7.23. The maximum atomic E-state index is 12.5. The quantitative estimate of drug-likeness (QED) is 0.789. The molecule has 2 bridgehead atoms. The Bertz CT molecular complexity index is 761. The number of hydrogen-bond acceptors (Lipinski definition) is 5. The molecule has 6 heteroatoms. The topological polar surface area (TPSA) is 54.5 Å². The van der Waals surface area contributed by atoms with Crippen LogP contribution in [0.1, 0.15) is 18.4 Å². The molecule has 5 nitrogen and oxygen atoms in total. The number of benzene rings is 1. The Balaban J connectivity index is 1.43. The van der Waals surface area contributed by atoms with Crippen molar-refractivity contribution in [2.24, 2.45) is 5.92 Å². The molecule has 2 unspecified atom stereocenters. The van der Waals surface area contributed by atoms with E-state index in [9.17, 15) is 4.79 Å². The molecular formula is C21H25N3O2S. The third-order valence-corrected chi connectivity index (χ3v) is 6.38. The van der Waals surface area contributed by atoms with Gasteiger partial charge in [0.15, 0.2) is 0 Å². The number of amides is 1. The highest BCUT2D eigenvalue weighted by atomic mass is 32.2. The number of carbonyl (C=O) groups is 1. The zero-order valence-electron chi connectivity index (χ0n) is 15.5. The fourth-order valence-corrected chi connectivity index (χ4v) is 4.64. The molecule has 0 saturated carbocycles. The molecule has 1 amide bonds. The number of fused-ring (bicyclic) bond motifs is 3. The van der Waals surface area contributed by atoms with Gasteiger partial charge in [-0.15, -0.1) is 11.8 Å². The third-order valence-electron chi connectivity index (χ3n) is 5.63. The highest BCUT2D eigenvalue weighted by Gasteiger charge is 2.44. The molecule has 5 rings (SSSR count). The van der Waals surface area contributed by atoms with Gasteiger partial charge in [-0.1, -0.05) is 6.07 Å². The van der Waals surface area contributed by atoms with E-state index in [1.54, 1.807) is 18.0 Å². The van der Waals surface area contributed by atoms with Gasteiger partial charge in [-0.2, -0.15) is 0 Å². The molecule has 0 aliphatic carbocycles. The Morgan fingerprint density at radius 2 is 2.04 bits per heavy atom. The van der Waals surface area contributed by atoms with Crippen molar-refractivity contribution in [3.63, 3.8) is 0 Å². The summed E-state index contributed by atoms with van der Waals surface area (Å²) >= 11 is 1.68. The van der Waals surface area contributed by atoms with Gasteiger partial charge in [0.05, 0.1) is 6.04 Å². The smallest absolute Gasteiger partial charge is 0.411 e. The molecule has 27 heavy (non-hydrogen) atoms. The fraction of sp³-hybridized carbons (Fsp3) is 0.429. The predicted octanol–water partition coefficient (Wildman–Crippen LogP) is 4.06. The number of hydrogen-bond donors (Lipinski definition) is 1. The van der Waals surface area contributed by atoms with Gasteiger partial charge < -0.3 is 4.74 Å². The minimum absolute atomic E-state index is 0.0711. The number of anilines is 1. The lowest BCUT2D eigenvalue weighted by Gasteiger charge is -2.50. The van der Waals surface area contributed by atoms with Gasteiger partial charge >= 0.3 is 6.09 Å². The maximum Gasteiger partial charge on any atom is 0.411 e. The second kappa shape index (κ2) is 8.31. The average Bonchev–Trinajstić information content (AvgIpc) is 2.72. The highest BCUT2D eigenvalue weighted by molar-refractivity contribution is 7.98. The fourth-order valence-electron chi connectivity index (χ4n) is 4.23. The van der Waals surface area contributed by atoms with Crippen molar-refractivity contribution in [3.05, 3.63) is 54.4 Å². The van der Waals surface area contributed by atoms with Gasteiger partial charge in [0.25, 0.3) is 0 Å². The number of ether oxygens (including phenoxy) is 1. The van der Waals surface area contributed by atoms with E-state index in [0.29, 0.717) is 5.92 Å². The zero-order valence-corrected chi connectivity index (χ0v) is 16.3. The van der Waals surface area contributed by atoms with E-state index in [4.69, 9.17) is 4.74 Å². The molecule has 3 aliphatic heterocycles. The minimum atomic E-state index is -0.359. The Morgan fingerprint density at radius 1 is 1.26 bits per heavy atom. The molecule has 2 aromatic rings. The first-order chi connectivity index (χ1) is 13.2. The van der Waals surface area contributed by atoms with Crippen LogP contribution in [-0.4, -0.2) is 47.5 Å². The van der Waals surface area contributed by atoms with Crippen molar-refractivity contribution in [2.75, 3.05) is 24.7 Å². The van der Waals surface area contributed by atoms with Crippen LogP contribution in [0.5, 0.6) is 0 Å². The Kier molecular flexibility index (Phi) is 5.64. The van der Waals surface area contributed by atoms with Crippen LogP contribution < -0.4 is 5.32 Å². The van der Waals surface area contributed by atoms with Gasteiger partial charge in [-0.05, 0) is 74.5 Å². The largest absolute Gasteiger partial charge is 0.444 e. The van der Waals surface area contributed by atoms with E-state index in [2.05, 4.69) is 21.3 Å². The summed E-state index contributed by atoms with van der Waals surface area (Å²) < 4.78 is 5.95. The Morgan fingerprint density at radius 3 is 2.70 bits per heavy atom. The van der Waals surface area contributed by atoms with Crippen LogP contribution in [0, 0.1) is 5.92 Å². The summed E-state index contributed by atoms with van der Waals surface area (Å²) in [6.45, 7) is 2.18. The van der Waals surface area contributed by atoms with E-state index in [1.165, 1.54) is 10.5 Å². The summed E-state index contributed by atoms with van der Waals surface area (Å²) in [6.07, 6.45) is 8.37. The summed E-state index contributed by atoms with van der Waals surface area (Å²) in [6, 6.07) is 12.1. The summed E-state index contributed by atoms with van der Waals surface area (Å²) in [5, 5.41) is 2.88. The van der Waals surface area contributed by atoms with Crippen molar-refractivity contribution < 1.29 is 9.53 Å². The molecular weight excluding hydrogens is 358 g/mol. The number of piperidine rings is 3. The monoisotopic (exact) mass is 383 g/mol. The number of nitrogens with one attached hydrogen (secondary N) is 1. The van der Waals surface area contributed by atoms with Crippen molar-refractivity contribution in [1.82, 2.24) is 9.88 Å². The number of nitrogens with zero attached hydrogens (tertiary/aromatic N) is 2. The zero-order chi connectivity index (χ0) is 18.6.